The summed E-state index contributed by atoms with van der Waals surface area (Å²) in [6.07, 6.45) is 1.73. The van der Waals surface area contributed by atoms with E-state index < -0.39 is 0 Å². The molecular weight excluding hydrogens is 452 g/mol. The first-order valence-electron chi connectivity index (χ1n) is 11.6. The van der Waals surface area contributed by atoms with E-state index in [9.17, 15) is 0 Å². The second kappa shape index (κ2) is 7.72. The van der Waals surface area contributed by atoms with Gasteiger partial charge in [0.2, 0.25) is 0 Å². The third-order valence-corrected chi connectivity index (χ3v) is 9.42. The SMILES string of the molecule is Cc1c(-c2sc3c(-c4cc(C(C)(C)C)c5ccccc5c4)ncnc3c2C)sc2ccccc12. The van der Waals surface area contributed by atoms with Crippen molar-refractivity contribution in [1.29, 1.82) is 0 Å². The highest BCUT2D eigenvalue weighted by molar-refractivity contribution is 7.29. The van der Waals surface area contributed by atoms with Crippen molar-refractivity contribution in [3.8, 4) is 21.0 Å². The molecule has 0 bridgehead atoms. The lowest BCUT2D eigenvalue weighted by atomic mass is 9.82. The van der Waals surface area contributed by atoms with E-state index in [4.69, 9.17) is 9.97 Å². The van der Waals surface area contributed by atoms with Crippen LogP contribution >= 0.6 is 22.7 Å². The first kappa shape index (κ1) is 21.5. The standard InChI is InChI=1S/C30H26N2S2/c1-17-21-11-8-9-13-24(21)33-27(17)28-18(2)25-29(34-28)26(32-16-31-25)20-14-19-10-6-7-12-22(19)23(15-20)30(3,4)5/h6-16H,1-5H3. The molecule has 6 rings (SSSR count). The van der Waals surface area contributed by atoms with E-state index >= 15 is 0 Å². The largest absolute Gasteiger partial charge is 0.235 e. The molecule has 0 saturated carbocycles. The molecule has 0 aliphatic rings. The van der Waals surface area contributed by atoms with Gasteiger partial charge < -0.3 is 0 Å². The lowest BCUT2D eigenvalue weighted by Crippen LogP contribution is -2.12. The van der Waals surface area contributed by atoms with Gasteiger partial charge in [0.25, 0.3) is 0 Å². The highest BCUT2D eigenvalue weighted by atomic mass is 32.1. The number of aromatic nitrogens is 2. The lowest BCUT2D eigenvalue weighted by molar-refractivity contribution is 0.596. The Morgan fingerprint density at radius 3 is 2.21 bits per heavy atom. The van der Waals surface area contributed by atoms with Gasteiger partial charge in [0.1, 0.15) is 6.33 Å². The van der Waals surface area contributed by atoms with Gasteiger partial charge in [0.05, 0.1) is 20.8 Å². The topological polar surface area (TPSA) is 25.8 Å². The summed E-state index contributed by atoms with van der Waals surface area (Å²) in [4.78, 5) is 12.2. The normalized spacial score (nSPS) is 12.3. The molecular formula is C30H26N2S2. The first-order chi connectivity index (χ1) is 16.3. The molecule has 3 aromatic carbocycles. The highest BCUT2D eigenvalue weighted by Gasteiger charge is 2.22. The van der Waals surface area contributed by atoms with Crippen LogP contribution in [0.25, 0.3) is 52.1 Å². The molecule has 3 aromatic heterocycles. The van der Waals surface area contributed by atoms with E-state index in [2.05, 4.69) is 95.3 Å². The fraction of sp³-hybridized carbons (Fsp3) is 0.200. The summed E-state index contributed by atoms with van der Waals surface area (Å²) in [5.41, 5.74) is 7.23. The molecule has 0 fully saturated rings. The lowest BCUT2D eigenvalue weighted by Gasteiger charge is -2.22. The van der Waals surface area contributed by atoms with Crippen LogP contribution in [0.4, 0.5) is 0 Å². The Kier molecular flexibility index (Phi) is 4.87. The molecule has 4 heteroatoms. The van der Waals surface area contributed by atoms with Crippen LogP contribution in [0.3, 0.4) is 0 Å². The van der Waals surface area contributed by atoms with Gasteiger partial charge in [0.15, 0.2) is 0 Å². The Morgan fingerprint density at radius 2 is 1.44 bits per heavy atom. The number of aryl methyl sites for hydroxylation is 2. The maximum Gasteiger partial charge on any atom is 0.116 e. The van der Waals surface area contributed by atoms with Crippen LogP contribution in [-0.4, -0.2) is 9.97 Å². The first-order valence-corrected chi connectivity index (χ1v) is 13.2. The van der Waals surface area contributed by atoms with Crippen molar-refractivity contribution in [1.82, 2.24) is 9.97 Å². The van der Waals surface area contributed by atoms with Gasteiger partial charge in [0, 0.05) is 15.1 Å². The molecule has 2 nitrogen and oxygen atoms in total. The minimum Gasteiger partial charge on any atom is -0.235 e. The zero-order valence-corrected chi connectivity index (χ0v) is 21.7. The Morgan fingerprint density at radius 1 is 0.735 bits per heavy atom. The molecule has 0 atom stereocenters. The van der Waals surface area contributed by atoms with Crippen LogP contribution < -0.4 is 0 Å². The maximum atomic E-state index is 4.82. The summed E-state index contributed by atoms with van der Waals surface area (Å²) in [5.74, 6) is 0. The maximum absolute atomic E-state index is 4.82. The number of hydrogen-bond acceptors (Lipinski definition) is 4. The van der Waals surface area contributed by atoms with Gasteiger partial charge in [-0.1, -0.05) is 63.2 Å². The zero-order valence-electron chi connectivity index (χ0n) is 20.1. The Balaban J connectivity index is 1.62. The van der Waals surface area contributed by atoms with Gasteiger partial charge >= 0.3 is 0 Å². The van der Waals surface area contributed by atoms with Crippen LogP contribution in [-0.2, 0) is 5.41 Å². The number of benzene rings is 3. The van der Waals surface area contributed by atoms with Gasteiger partial charge in [-0.3, -0.25) is 0 Å². The van der Waals surface area contributed by atoms with Crippen LogP contribution in [0.15, 0.2) is 67.0 Å². The summed E-state index contributed by atoms with van der Waals surface area (Å²) in [6, 6.07) is 22.0. The average Bonchev–Trinajstić information content (AvgIpc) is 3.34. The number of hydrogen-bond donors (Lipinski definition) is 0. The van der Waals surface area contributed by atoms with E-state index in [0.717, 1.165) is 16.8 Å². The van der Waals surface area contributed by atoms with Crippen LogP contribution in [0.1, 0.15) is 37.5 Å². The van der Waals surface area contributed by atoms with Gasteiger partial charge in [-0.05, 0) is 70.3 Å². The highest BCUT2D eigenvalue weighted by Crippen LogP contribution is 2.47. The predicted molar refractivity (Wildman–Crippen MR) is 149 cm³/mol. The average molecular weight is 479 g/mol. The molecule has 0 N–H and O–H groups in total. The molecule has 0 aliphatic heterocycles. The summed E-state index contributed by atoms with van der Waals surface area (Å²) in [7, 11) is 0. The third-order valence-electron chi connectivity index (χ3n) is 6.70. The van der Waals surface area contributed by atoms with E-state index in [-0.39, 0.29) is 5.41 Å². The quantitative estimate of drug-likeness (QED) is 0.248. The van der Waals surface area contributed by atoms with Crippen molar-refractivity contribution in [2.24, 2.45) is 0 Å². The molecule has 0 radical (unpaired) electrons. The van der Waals surface area contributed by atoms with Crippen molar-refractivity contribution in [2.45, 2.75) is 40.0 Å². The molecule has 3 heterocycles. The predicted octanol–water partition coefficient (Wildman–Crippen LogP) is 9.31. The number of nitrogens with zero attached hydrogens (tertiary/aromatic N) is 2. The minimum atomic E-state index is 0.0342. The molecule has 0 spiro atoms. The monoisotopic (exact) mass is 478 g/mol. The van der Waals surface area contributed by atoms with Crippen molar-refractivity contribution >= 4 is 53.7 Å². The van der Waals surface area contributed by atoms with Crippen molar-refractivity contribution < 1.29 is 0 Å². The van der Waals surface area contributed by atoms with Gasteiger partial charge in [-0.25, -0.2) is 9.97 Å². The van der Waals surface area contributed by atoms with Crippen LogP contribution in [0, 0.1) is 13.8 Å². The smallest absolute Gasteiger partial charge is 0.116 e. The van der Waals surface area contributed by atoms with Gasteiger partial charge in [-0.15, -0.1) is 22.7 Å². The molecule has 34 heavy (non-hydrogen) atoms. The molecule has 168 valence electrons. The molecule has 6 aromatic rings. The Labute approximate surface area is 208 Å². The second-order valence-corrected chi connectivity index (χ2v) is 12.1. The van der Waals surface area contributed by atoms with E-state index in [1.807, 2.05) is 22.7 Å². The number of rotatable bonds is 2. The molecule has 0 aliphatic carbocycles. The fourth-order valence-corrected chi connectivity index (χ4v) is 7.63. The van der Waals surface area contributed by atoms with Crippen LogP contribution in [0.5, 0.6) is 0 Å². The summed E-state index contributed by atoms with van der Waals surface area (Å²) < 4.78 is 2.50. The second-order valence-electron chi connectivity index (χ2n) is 10.0. The van der Waals surface area contributed by atoms with Crippen molar-refractivity contribution in [3.05, 3.63) is 83.7 Å². The molecule has 0 amide bonds. The fourth-order valence-electron chi connectivity index (χ4n) is 4.90. The summed E-state index contributed by atoms with van der Waals surface area (Å²) in [5, 5.41) is 3.91. The zero-order chi connectivity index (χ0) is 23.6. The van der Waals surface area contributed by atoms with E-state index in [1.165, 1.54) is 52.0 Å². The van der Waals surface area contributed by atoms with E-state index in [1.54, 1.807) is 6.33 Å². The Bertz CT molecular complexity index is 1710. The molecule has 0 saturated heterocycles. The van der Waals surface area contributed by atoms with Crippen molar-refractivity contribution in [2.75, 3.05) is 0 Å². The van der Waals surface area contributed by atoms with E-state index in [0.29, 0.717) is 0 Å². The Hall–Kier alpha value is -3.08. The summed E-state index contributed by atoms with van der Waals surface area (Å²) in [6.45, 7) is 11.3. The van der Waals surface area contributed by atoms with Crippen LogP contribution in [0.2, 0.25) is 0 Å². The van der Waals surface area contributed by atoms with Gasteiger partial charge in [-0.2, -0.15) is 0 Å². The summed E-state index contributed by atoms with van der Waals surface area (Å²) >= 11 is 3.71. The third kappa shape index (κ3) is 3.28. The number of thiophene rings is 2. The number of fused-ring (bicyclic) bond motifs is 3. The molecule has 0 unspecified atom stereocenters. The van der Waals surface area contributed by atoms with Crippen molar-refractivity contribution in [3.63, 3.8) is 0 Å². The minimum absolute atomic E-state index is 0.0342.